The van der Waals surface area contributed by atoms with Gasteiger partial charge in [0.1, 0.15) is 11.6 Å². The van der Waals surface area contributed by atoms with Crippen molar-refractivity contribution < 1.29 is 18.5 Å². The summed E-state index contributed by atoms with van der Waals surface area (Å²) >= 11 is 11.9. The van der Waals surface area contributed by atoms with Crippen LogP contribution in [0.15, 0.2) is 52.9 Å². The van der Waals surface area contributed by atoms with Crippen molar-refractivity contribution in [1.82, 2.24) is 0 Å². The Morgan fingerprint density at radius 1 is 1.12 bits per heavy atom. The Labute approximate surface area is 156 Å². The number of hydrogen-bond donors (Lipinski definition) is 1. The minimum atomic E-state index is -0.809. The van der Waals surface area contributed by atoms with Crippen molar-refractivity contribution in [2.45, 2.75) is 0 Å². The van der Waals surface area contributed by atoms with E-state index in [-0.39, 0.29) is 17.1 Å². The highest BCUT2D eigenvalue weighted by Crippen LogP contribution is 2.32. The smallest absolute Gasteiger partial charge is 0.291 e. The molecule has 3 aromatic rings. The van der Waals surface area contributed by atoms with Gasteiger partial charge in [-0.3, -0.25) is 14.9 Å². The molecular formula is C17H9Cl2FN2O4. The number of carbonyl (C=O) groups excluding carboxylic acids is 1. The van der Waals surface area contributed by atoms with E-state index in [1.807, 2.05) is 0 Å². The number of rotatable bonds is 4. The van der Waals surface area contributed by atoms with Crippen molar-refractivity contribution in [1.29, 1.82) is 0 Å². The Balaban J connectivity index is 1.85. The largest absolute Gasteiger partial charge is 0.451 e. The van der Waals surface area contributed by atoms with E-state index in [0.717, 1.165) is 18.2 Å². The zero-order valence-electron chi connectivity index (χ0n) is 12.8. The molecule has 9 heteroatoms. The topological polar surface area (TPSA) is 85.4 Å². The quantitative estimate of drug-likeness (QED) is 0.463. The van der Waals surface area contributed by atoms with Crippen molar-refractivity contribution in [3.05, 3.63) is 80.3 Å². The van der Waals surface area contributed by atoms with Crippen LogP contribution in [0.25, 0.3) is 11.3 Å². The first kappa shape index (κ1) is 17.9. The fourth-order valence-electron chi connectivity index (χ4n) is 2.20. The number of non-ortho nitro benzene ring substituents is 1. The number of nitro benzene ring substituents is 1. The van der Waals surface area contributed by atoms with Crippen LogP contribution >= 0.6 is 23.2 Å². The predicted octanol–water partition coefficient (Wildman–Crippen LogP) is 5.55. The summed E-state index contributed by atoms with van der Waals surface area (Å²) in [5, 5.41) is 13.8. The summed E-state index contributed by atoms with van der Waals surface area (Å²) in [7, 11) is 0. The van der Waals surface area contributed by atoms with Gasteiger partial charge in [0.15, 0.2) is 5.76 Å². The first-order valence-corrected chi connectivity index (χ1v) is 7.91. The van der Waals surface area contributed by atoms with E-state index >= 15 is 0 Å². The van der Waals surface area contributed by atoms with Gasteiger partial charge in [0, 0.05) is 22.7 Å². The molecule has 0 fully saturated rings. The number of nitrogens with zero attached hydrogens (tertiary/aromatic N) is 1. The van der Waals surface area contributed by atoms with Gasteiger partial charge >= 0.3 is 0 Å². The maximum Gasteiger partial charge on any atom is 0.291 e. The molecule has 0 atom stereocenters. The number of amides is 1. The summed E-state index contributed by atoms with van der Waals surface area (Å²) < 4.78 is 19.2. The van der Waals surface area contributed by atoms with Gasteiger partial charge in [-0.05, 0) is 36.4 Å². The number of halogens is 3. The lowest BCUT2D eigenvalue weighted by atomic mass is 10.2. The molecule has 0 aliphatic carbocycles. The number of nitrogens with one attached hydrogen (secondary N) is 1. The molecule has 6 nitrogen and oxygen atoms in total. The van der Waals surface area contributed by atoms with Crippen LogP contribution in [-0.4, -0.2) is 10.8 Å². The number of hydrogen-bond acceptors (Lipinski definition) is 4. The summed E-state index contributed by atoms with van der Waals surface area (Å²) in [5.74, 6) is -1.37. The van der Waals surface area contributed by atoms with Crippen molar-refractivity contribution in [3.8, 4) is 11.3 Å². The van der Waals surface area contributed by atoms with Crippen LogP contribution in [0.5, 0.6) is 0 Å². The highest BCUT2D eigenvalue weighted by Gasteiger charge is 2.17. The van der Waals surface area contributed by atoms with Crippen molar-refractivity contribution >= 4 is 40.5 Å². The van der Waals surface area contributed by atoms with E-state index in [0.29, 0.717) is 21.4 Å². The molecule has 1 aromatic heterocycles. The van der Waals surface area contributed by atoms with E-state index in [9.17, 15) is 19.3 Å². The number of nitro groups is 1. The minimum Gasteiger partial charge on any atom is -0.451 e. The molecule has 1 N–H and O–H groups in total. The fourth-order valence-corrected chi connectivity index (χ4v) is 2.70. The number of benzene rings is 2. The van der Waals surface area contributed by atoms with Gasteiger partial charge in [-0.2, -0.15) is 0 Å². The lowest BCUT2D eigenvalue weighted by Crippen LogP contribution is -2.12. The molecule has 0 aliphatic heterocycles. The molecule has 0 radical (unpaired) electrons. The molecule has 0 bridgehead atoms. The Kier molecular flexibility index (Phi) is 4.92. The van der Waals surface area contributed by atoms with Gasteiger partial charge in [0.2, 0.25) is 0 Å². The normalized spacial score (nSPS) is 10.6. The summed E-state index contributed by atoms with van der Waals surface area (Å²) in [6.45, 7) is 0. The van der Waals surface area contributed by atoms with Crippen LogP contribution in [0.2, 0.25) is 10.0 Å². The van der Waals surface area contributed by atoms with Crippen LogP contribution in [-0.2, 0) is 0 Å². The summed E-state index contributed by atoms with van der Waals surface area (Å²) in [6, 6.07) is 10.5. The fraction of sp³-hybridized carbons (Fsp3) is 0. The Bertz CT molecular complexity index is 1020. The second-order valence-electron chi connectivity index (χ2n) is 5.16. The van der Waals surface area contributed by atoms with Gasteiger partial charge in [0.05, 0.1) is 15.6 Å². The third kappa shape index (κ3) is 3.68. The first-order valence-electron chi connectivity index (χ1n) is 7.15. The van der Waals surface area contributed by atoms with E-state index < -0.39 is 16.6 Å². The molecule has 1 heterocycles. The zero-order valence-corrected chi connectivity index (χ0v) is 14.3. The molecular weight excluding hydrogens is 386 g/mol. The molecule has 2 aromatic carbocycles. The molecule has 132 valence electrons. The molecule has 26 heavy (non-hydrogen) atoms. The highest BCUT2D eigenvalue weighted by atomic mass is 35.5. The van der Waals surface area contributed by atoms with Crippen LogP contribution in [0.4, 0.5) is 15.8 Å². The van der Waals surface area contributed by atoms with Gasteiger partial charge in [-0.1, -0.05) is 23.2 Å². The number of anilines is 1. The average molecular weight is 395 g/mol. The lowest BCUT2D eigenvalue weighted by molar-refractivity contribution is -0.384. The molecule has 0 saturated carbocycles. The van der Waals surface area contributed by atoms with Crippen LogP contribution < -0.4 is 5.32 Å². The van der Waals surface area contributed by atoms with E-state index in [1.165, 1.54) is 18.2 Å². The third-order valence-corrected chi connectivity index (χ3v) is 3.98. The maximum atomic E-state index is 13.8. The first-order chi connectivity index (χ1) is 12.3. The molecule has 0 unspecified atom stereocenters. The number of furan rings is 1. The van der Waals surface area contributed by atoms with Gasteiger partial charge < -0.3 is 9.73 Å². The summed E-state index contributed by atoms with van der Waals surface area (Å²) in [4.78, 5) is 22.3. The standard InChI is InChI=1S/C17H9Cl2FN2O4/c18-9-1-3-11(12(19)7-9)15-5-6-16(26-15)17(23)21-14-8-10(22(24)25)2-4-13(14)20/h1-8H,(H,21,23). The third-order valence-electron chi connectivity index (χ3n) is 3.44. The van der Waals surface area contributed by atoms with E-state index in [1.54, 1.807) is 12.1 Å². The molecule has 1 amide bonds. The Hall–Kier alpha value is -2.90. The Morgan fingerprint density at radius 2 is 1.88 bits per heavy atom. The van der Waals surface area contributed by atoms with Crippen LogP contribution in [0.1, 0.15) is 10.6 Å². The number of carbonyl (C=O) groups is 1. The second-order valence-corrected chi connectivity index (χ2v) is 6.01. The molecule has 3 rings (SSSR count). The predicted molar refractivity (Wildman–Crippen MR) is 95.2 cm³/mol. The van der Waals surface area contributed by atoms with Crippen LogP contribution in [0.3, 0.4) is 0 Å². The molecule has 0 spiro atoms. The van der Waals surface area contributed by atoms with Crippen molar-refractivity contribution in [2.24, 2.45) is 0 Å². The zero-order chi connectivity index (χ0) is 18.8. The van der Waals surface area contributed by atoms with Gasteiger partial charge in [-0.15, -0.1) is 0 Å². The van der Waals surface area contributed by atoms with Crippen molar-refractivity contribution in [2.75, 3.05) is 5.32 Å². The SMILES string of the molecule is O=C(Nc1cc([N+](=O)[O-])ccc1F)c1ccc(-c2ccc(Cl)cc2Cl)o1. The average Bonchev–Trinajstić information content (AvgIpc) is 3.06. The van der Waals surface area contributed by atoms with Gasteiger partial charge in [0.25, 0.3) is 11.6 Å². The van der Waals surface area contributed by atoms with E-state index in [4.69, 9.17) is 27.6 Å². The minimum absolute atomic E-state index is 0.114. The highest BCUT2D eigenvalue weighted by molar-refractivity contribution is 6.36. The molecule has 0 aliphatic rings. The summed E-state index contributed by atoms with van der Waals surface area (Å²) in [6.07, 6.45) is 0. The Morgan fingerprint density at radius 3 is 2.58 bits per heavy atom. The van der Waals surface area contributed by atoms with Crippen LogP contribution in [0, 0.1) is 15.9 Å². The molecule has 0 saturated heterocycles. The van der Waals surface area contributed by atoms with Crippen molar-refractivity contribution in [3.63, 3.8) is 0 Å². The maximum absolute atomic E-state index is 13.8. The lowest BCUT2D eigenvalue weighted by Gasteiger charge is -2.05. The van der Waals surface area contributed by atoms with E-state index in [2.05, 4.69) is 5.32 Å². The second kappa shape index (κ2) is 7.15. The summed E-state index contributed by atoms with van der Waals surface area (Å²) in [5.41, 5.74) is -0.155. The monoisotopic (exact) mass is 394 g/mol. The van der Waals surface area contributed by atoms with Gasteiger partial charge in [-0.25, -0.2) is 4.39 Å².